The van der Waals surface area contributed by atoms with Crippen LogP contribution in [0.3, 0.4) is 0 Å². The van der Waals surface area contributed by atoms with Crippen molar-refractivity contribution in [2.24, 2.45) is 0 Å². The molecule has 4 aromatic rings. The van der Waals surface area contributed by atoms with E-state index >= 15 is 0 Å². The van der Waals surface area contributed by atoms with E-state index < -0.39 is 5.97 Å². The summed E-state index contributed by atoms with van der Waals surface area (Å²) >= 11 is 5.99. The van der Waals surface area contributed by atoms with Gasteiger partial charge in [-0.3, -0.25) is 0 Å². The second-order valence-electron chi connectivity index (χ2n) is 7.10. The first-order chi connectivity index (χ1) is 15.0. The van der Waals surface area contributed by atoms with Crippen molar-refractivity contribution in [3.8, 4) is 11.5 Å². The first-order valence-corrected chi connectivity index (χ1v) is 10.3. The predicted molar refractivity (Wildman–Crippen MR) is 123 cm³/mol. The second kappa shape index (κ2) is 9.06. The van der Waals surface area contributed by atoms with Crippen LogP contribution in [0.2, 0.25) is 5.02 Å². The highest BCUT2D eigenvalue weighted by Gasteiger charge is 2.15. The molecule has 0 saturated carbocycles. The van der Waals surface area contributed by atoms with Crippen molar-refractivity contribution in [2.75, 3.05) is 5.32 Å². The highest BCUT2D eigenvalue weighted by molar-refractivity contribution is 6.30. The van der Waals surface area contributed by atoms with Crippen LogP contribution in [0.5, 0.6) is 11.5 Å². The van der Waals surface area contributed by atoms with Gasteiger partial charge < -0.3 is 15.2 Å². The van der Waals surface area contributed by atoms with Gasteiger partial charge in [-0.1, -0.05) is 42.8 Å². The molecule has 3 aromatic carbocycles. The van der Waals surface area contributed by atoms with Crippen LogP contribution in [0.4, 0.5) is 5.82 Å². The fraction of sp³-hybridized carbons (Fsp3) is 0.120. The summed E-state index contributed by atoms with van der Waals surface area (Å²) in [7, 11) is 0. The number of carboxylic acid groups (broad SMARTS) is 1. The molecule has 1 aromatic heterocycles. The number of aromatic carboxylic acids is 1. The van der Waals surface area contributed by atoms with Gasteiger partial charge >= 0.3 is 5.97 Å². The number of rotatable bonds is 7. The zero-order valence-corrected chi connectivity index (χ0v) is 17.6. The highest BCUT2D eigenvalue weighted by atomic mass is 35.5. The van der Waals surface area contributed by atoms with E-state index in [9.17, 15) is 4.79 Å². The minimum Gasteiger partial charge on any atom is -0.478 e. The van der Waals surface area contributed by atoms with E-state index in [1.165, 1.54) is 0 Å². The number of halogens is 1. The maximum Gasteiger partial charge on any atom is 0.335 e. The van der Waals surface area contributed by atoms with E-state index in [1.54, 1.807) is 30.5 Å². The summed E-state index contributed by atoms with van der Waals surface area (Å²) in [6.07, 6.45) is 2.56. The summed E-state index contributed by atoms with van der Waals surface area (Å²) in [5.74, 6) is 1.14. The molecule has 4 rings (SSSR count). The maximum atomic E-state index is 11.1. The summed E-state index contributed by atoms with van der Waals surface area (Å²) in [5, 5.41) is 15.2. The molecule has 0 amide bonds. The van der Waals surface area contributed by atoms with Crippen molar-refractivity contribution >= 4 is 34.2 Å². The van der Waals surface area contributed by atoms with Crippen LogP contribution in [0.25, 0.3) is 10.8 Å². The van der Waals surface area contributed by atoms with Crippen molar-refractivity contribution in [1.29, 1.82) is 0 Å². The molecule has 0 unspecified atom stereocenters. The highest BCUT2D eigenvalue weighted by Crippen LogP contribution is 2.36. The zero-order valence-electron chi connectivity index (χ0n) is 16.9. The number of benzene rings is 3. The van der Waals surface area contributed by atoms with Crippen LogP contribution in [0, 0.1) is 0 Å². The molecule has 0 radical (unpaired) electrons. The predicted octanol–water partition coefficient (Wildman–Crippen LogP) is 6.94. The van der Waals surface area contributed by atoms with Crippen molar-refractivity contribution in [3.05, 3.63) is 95.1 Å². The number of nitrogens with zero attached hydrogens (tertiary/aromatic N) is 1. The fourth-order valence-corrected chi connectivity index (χ4v) is 3.59. The Bertz CT molecular complexity index is 1200. The zero-order chi connectivity index (χ0) is 21.8. The third kappa shape index (κ3) is 4.62. The lowest BCUT2D eigenvalue weighted by atomic mass is 10.0. The van der Waals surface area contributed by atoms with Crippen molar-refractivity contribution in [3.63, 3.8) is 0 Å². The molecule has 5 nitrogen and oxygen atoms in total. The second-order valence-corrected chi connectivity index (χ2v) is 7.54. The number of carboxylic acids is 1. The number of carbonyl (C=O) groups is 1. The van der Waals surface area contributed by atoms with Crippen LogP contribution in [-0.2, 0) is 0 Å². The third-order valence-electron chi connectivity index (χ3n) is 5.07. The van der Waals surface area contributed by atoms with Gasteiger partial charge in [0.15, 0.2) is 0 Å². The number of aromatic nitrogens is 1. The number of pyridine rings is 1. The van der Waals surface area contributed by atoms with Gasteiger partial charge in [0.25, 0.3) is 0 Å². The fourth-order valence-electron chi connectivity index (χ4n) is 3.47. The summed E-state index contributed by atoms with van der Waals surface area (Å²) in [4.78, 5) is 15.7. The van der Waals surface area contributed by atoms with Crippen molar-refractivity contribution < 1.29 is 14.6 Å². The quantitative estimate of drug-likeness (QED) is 0.331. The molecule has 0 spiro atoms. The van der Waals surface area contributed by atoms with Crippen LogP contribution < -0.4 is 10.1 Å². The molecule has 0 fully saturated rings. The van der Waals surface area contributed by atoms with Gasteiger partial charge in [0.1, 0.15) is 17.3 Å². The number of ether oxygens (including phenoxy) is 1. The first-order valence-electron chi connectivity index (χ1n) is 9.96. The van der Waals surface area contributed by atoms with Gasteiger partial charge in [0.05, 0.1) is 17.0 Å². The van der Waals surface area contributed by atoms with E-state index in [-0.39, 0.29) is 11.6 Å². The Morgan fingerprint density at radius 2 is 1.81 bits per heavy atom. The largest absolute Gasteiger partial charge is 0.478 e. The lowest BCUT2D eigenvalue weighted by Crippen LogP contribution is -2.11. The van der Waals surface area contributed by atoms with E-state index in [4.69, 9.17) is 21.4 Å². The summed E-state index contributed by atoms with van der Waals surface area (Å²) in [6.45, 7) is 2.07. The Hall–Kier alpha value is -3.57. The Labute approximate surface area is 185 Å². The number of hydrogen-bond donors (Lipinski definition) is 2. The van der Waals surface area contributed by atoms with Gasteiger partial charge in [0, 0.05) is 11.2 Å². The Morgan fingerprint density at radius 3 is 2.48 bits per heavy atom. The van der Waals surface area contributed by atoms with Crippen LogP contribution in [0.1, 0.15) is 35.3 Å². The molecule has 0 saturated heterocycles. The molecule has 156 valence electrons. The molecule has 31 heavy (non-hydrogen) atoms. The Kier molecular flexibility index (Phi) is 6.05. The third-order valence-corrected chi connectivity index (χ3v) is 5.33. The van der Waals surface area contributed by atoms with E-state index in [2.05, 4.69) is 17.2 Å². The SMILES string of the molecule is CC[C@@H](Nc1nccc2cccc(Oc3ccc(Cl)cc3)c12)c1ccc(C(=O)O)cc1. The average molecular weight is 433 g/mol. The molecule has 0 aliphatic rings. The molecular weight excluding hydrogens is 412 g/mol. The lowest BCUT2D eigenvalue weighted by molar-refractivity contribution is 0.0697. The molecule has 1 heterocycles. The smallest absolute Gasteiger partial charge is 0.335 e. The normalized spacial score (nSPS) is 11.8. The standard InChI is InChI=1S/C25H21ClN2O3/c1-2-21(16-6-8-18(9-7-16)25(29)30)28-24-23-17(14-15-27-24)4-3-5-22(23)31-20-12-10-19(26)11-13-20/h3-15,21H,2H2,1H3,(H,27,28)(H,29,30)/t21-/m1/s1. The van der Waals surface area contributed by atoms with Crippen LogP contribution >= 0.6 is 11.6 Å². The molecule has 2 N–H and O–H groups in total. The van der Waals surface area contributed by atoms with Crippen LogP contribution in [-0.4, -0.2) is 16.1 Å². The van der Waals surface area contributed by atoms with Gasteiger partial charge in [-0.2, -0.15) is 0 Å². The topological polar surface area (TPSA) is 71.5 Å². The molecule has 0 bridgehead atoms. The number of nitrogens with one attached hydrogen (secondary N) is 1. The minimum absolute atomic E-state index is 0.0375. The van der Waals surface area contributed by atoms with Crippen molar-refractivity contribution in [1.82, 2.24) is 4.98 Å². The Morgan fingerprint density at radius 1 is 1.06 bits per heavy atom. The molecular formula is C25H21ClN2O3. The molecule has 0 aliphatic heterocycles. The summed E-state index contributed by atoms with van der Waals surface area (Å²) in [5.41, 5.74) is 1.25. The van der Waals surface area contributed by atoms with Crippen molar-refractivity contribution in [2.45, 2.75) is 19.4 Å². The first kappa shape index (κ1) is 20.7. The van der Waals surface area contributed by atoms with Gasteiger partial charge in [-0.15, -0.1) is 0 Å². The maximum absolute atomic E-state index is 11.1. The minimum atomic E-state index is -0.938. The molecule has 1 atom stereocenters. The van der Waals surface area contributed by atoms with Gasteiger partial charge in [-0.05, 0) is 65.9 Å². The van der Waals surface area contributed by atoms with Gasteiger partial charge in [-0.25, -0.2) is 9.78 Å². The van der Waals surface area contributed by atoms with E-state index in [0.29, 0.717) is 22.3 Å². The molecule has 6 heteroatoms. The summed E-state index contributed by atoms with van der Waals surface area (Å²) < 4.78 is 6.15. The number of anilines is 1. The average Bonchev–Trinajstić information content (AvgIpc) is 2.79. The van der Waals surface area contributed by atoms with Crippen LogP contribution in [0.15, 0.2) is 79.0 Å². The number of hydrogen-bond acceptors (Lipinski definition) is 4. The number of fused-ring (bicyclic) bond motifs is 1. The van der Waals surface area contributed by atoms with Gasteiger partial charge in [0.2, 0.25) is 0 Å². The monoisotopic (exact) mass is 432 g/mol. The summed E-state index contributed by atoms with van der Waals surface area (Å²) in [6, 6.07) is 21.9. The Balaban J connectivity index is 1.69. The molecule has 0 aliphatic carbocycles. The van der Waals surface area contributed by atoms with E-state index in [1.807, 2.05) is 48.5 Å². The van der Waals surface area contributed by atoms with E-state index in [0.717, 1.165) is 22.8 Å². The lowest BCUT2D eigenvalue weighted by Gasteiger charge is -2.20.